The van der Waals surface area contributed by atoms with E-state index in [2.05, 4.69) is 4.72 Å². The zero-order valence-corrected chi connectivity index (χ0v) is 18.3. The SMILES string of the molecule is Cc1cc(C(=O)c2cc(Cl)ccc2NS(=O)c2ccc(OC(C)C)cc2)cc[n+]1O. The number of aromatic nitrogens is 1. The molecule has 0 spiro atoms. The number of nitrogens with one attached hydrogen (secondary N) is 1. The summed E-state index contributed by atoms with van der Waals surface area (Å²) < 4.78 is 22.2. The van der Waals surface area contributed by atoms with Gasteiger partial charge in [0.25, 0.3) is 0 Å². The number of ketones is 1. The molecule has 0 amide bonds. The predicted octanol–water partition coefficient (Wildman–Crippen LogP) is 4.33. The van der Waals surface area contributed by atoms with Crippen LogP contribution in [0.4, 0.5) is 5.69 Å². The van der Waals surface area contributed by atoms with E-state index in [0.29, 0.717) is 32.6 Å². The molecule has 30 heavy (non-hydrogen) atoms. The number of hydrogen-bond donors (Lipinski definition) is 2. The lowest BCUT2D eigenvalue weighted by Crippen LogP contribution is -2.33. The highest BCUT2D eigenvalue weighted by atomic mass is 35.5. The van der Waals surface area contributed by atoms with Crippen molar-refractivity contribution in [1.29, 1.82) is 0 Å². The normalized spacial score (nSPS) is 11.9. The second kappa shape index (κ2) is 9.28. The number of halogens is 1. The van der Waals surface area contributed by atoms with Gasteiger partial charge in [0, 0.05) is 39.9 Å². The van der Waals surface area contributed by atoms with Gasteiger partial charge in [-0.25, -0.2) is 4.21 Å². The van der Waals surface area contributed by atoms with Crippen LogP contribution in [0.2, 0.25) is 5.02 Å². The fourth-order valence-electron chi connectivity index (χ4n) is 2.77. The second-order valence-corrected chi connectivity index (χ2v) is 8.58. The van der Waals surface area contributed by atoms with E-state index in [-0.39, 0.29) is 17.5 Å². The molecule has 1 aromatic heterocycles. The van der Waals surface area contributed by atoms with Gasteiger partial charge in [0.2, 0.25) is 11.9 Å². The molecule has 156 valence electrons. The molecular formula is C22H22ClN2O4S+. The molecule has 0 aliphatic rings. The van der Waals surface area contributed by atoms with Gasteiger partial charge in [-0.15, -0.1) is 0 Å². The molecule has 0 saturated carbocycles. The first-order chi connectivity index (χ1) is 14.2. The summed E-state index contributed by atoms with van der Waals surface area (Å²) in [6, 6.07) is 14.7. The molecule has 3 rings (SSSR count). The predicted molar refractivity (Wildman–Crippen MR) is 116 cm³/mol. The average Bonchev–Trinajstić information content (AvgIpc) is 2.71. The maximum Gasteiger partial charge on any atom is 0.231 e. The zero-order valence-electron chi connectivity index (χ0n) is 16.8. The van der Waals surface area contributed by atoms with Crippen LogP contribution in [0.15, 0.2) is 65.7 Å². The molecule has 0 aliphatic heterocycles. The molecule has 2 N–H and O–H groups in total. The largest absolute Gasteiger partial charge is 0.491 e. The van der Waals surface area contributed by atoms with E-state index in [1.165, 1.54) is 18.3 Å². The van der Waals surface area contributed by atoms with Gasteiger partial charge >= 0.3 is 0 Å². The van der Waals surface area contributed by atoms with Crippen LogP contribution in [-0.4, -0.2) is 21.3 Å². The van der Waals surface area contributed by atoms with Crippen molar-refractivity contribution in [3.63, 3.8) is 0 Å². The Morgan fingerprint density at radius 2 is 1.83 bits per heavy atom. The minimum atomic E-state index is -1.60. The number of hydrogen-bond acceptors (Lipinski definition) is 4. The maximum absolute atomic E-state index is 13.0. The van der Waals surface area contributed by atoms with Crippen molar-refractivity contribution in [2.24, 2.45) is 0 Å². The Bertz CT molecular complexity index is 1100. The molecule has 0 bridgehead atoms. The topological polar surface area (TPSA) is 79.5 Å². The Morgan fingerprint density at radius 1 is 1.13 bits per heavy atom. The fraction of sp³-hybridized carbons (Fsp3) is 0.182. The van der Waals surface area contributed by atoms with Gasteiger partial charge in [-0.2, -0.15) is 0 Å². The summed E-state index contributed by atoms with van der Waals surface area (Å²) in [4.78, 5) is 13.6. The van der Waals surface area contributed by atoms with E-state index in [0.717, 1.165) is 4.73 Å². The fourth-order valence-corrected chi connectivity index (χ4v) is 3.82. The Hall–Kier alpha value is -2.90. The summed E-state index contributed by atoms with van der Waals surface area (Å²) in [5.41, 5.74) is 1.56. The van der Waals surface area contributed by atoms with E-state index in [4.69, 9.17) is 16.3 Å². The monoisotopic (exact) mass is 445 g/mol. The van der Waals surface area contributed by atoms with Crippen molar-refractivity contribution in [2.75, 3.05) is 4.72 Å². The first kappa shape index (κ1) is 21.8. The molecule has 0 radical (unpaired) electrons. The molecule has 8 heteroatoms. The first-order valence-electron chi connectivity index (χ1n) is 9.25. The van der Waals surface area contributed by atoms with Gasteiger partial charge in [-0.1, -0.05) is 11.6 Å². The van der Waals surface area contributed by atoms with Crippen molar-refractivity contribution < 1.29 is 23.7 Å². The Labute approximate surface area is 182 Å². The van der Waals surface area contributed by atoms with Crippen molar-refractivity contribution in [2.45, 2.75) is 31.8 Å². The van der Waals surface area contributed by atoms with Crippen LogP contribution in [0.1, 0.15) is 35.5 Å². The summed E-state index contributed by atoms with van der Waals surface area (Å²) in [6.07, 6.45) is 1.43. The lowest BCUT2D eigenvalue weighted by Gasteiger charge is -2.13. The Morgan fingerprint density at radius 3 is 2.47 bits per heavy atom. The molecule has 2 aromatic carbocycles. The number of rotatable bonds is 7. The number of carbonyl (C=O) groups excluding carboxylic acids is 1. The molecule has 1 heterocycles. The van der Waals surface area contributed by atoms with Gasteiger partial charge in [-0.05, 0) is 56.3 Å². The summed E-state index contributed by atoms with van der Waals surface area (Å²) in [6.45, 7) is 5.54. The van der Waals surface area contributed by atoms with Gasteiger partial charge in [-0.3, -0.25) is 10.0 Å². The average molecular weight is 446 g/mol. The lowest BCUT2D eigenvalue weighted by molar-refractivity contribution is -0.908. The number of nitrogens with zero attached hydrogens (tertiary/aromatic N) is 1. The second-order valence-electron chi connectivity index (χ2n) is 6.93. The third-order valence-corrected chi connectivity index (χ3v) is 5.56. The number of ether oxygens (including phenoxy) is 1. The molecule has 1 atom stereocenters. The van der Waals surface area contributed by atoms with Crippen molar-refractivity contribution in [1.82, 2.24) is 0 Å². The molecule has 1 unspecified atom stereocenters. The van der Waals surface area contributed by atoms with Crippen LogP contribution in [0.25, 0.3) is 0 Å². The third kappa shape index (κ3) is 5.17. The minimum absolute atomic E-state index is 0.0454. The van der Waals surface area contributed by atoms with Crippen LogP contribution in [0, 0.1) is 6.92 Å². The van der Waals surface area contributed by atoms with Gasteiger partial charge in [0.1, 0.15) is 16.7 Å². The van der Waals surface area contributed by atoms with Gasteiger partial charge in [0.05, 0.1) is 16.7 Å². The minimum Gasteiger partial charge on any atom is -0.491 e. The summed E-state index contributed by atoms with van der Waals surface area (Å²) in [5, 5.41) is 10.0. The molecule has 0 saturated heterocycles. The lowest BCUT2D eigenvalue weighted by atomic mass is 10.0. The summed E-state index contributed by atoms with van der Waals surface area (Å²) in [7, 11) is -1.60. The maximum atomic E-state index is 13.0. The highest BCUT2D eigenvalue weighted by Gasteiger charge is 2.19. The van der Waals surface area contributed by atoms with Crippen molar-refractivity contribution in [3.05, 3.63) is 82.6 Å². The Balaban J connectivity index is 1.87. The molecule has 6 nitrogen and oxygen atoms in total. The molecule has 0 aliphatic carbocycles. The number of pyridine rings is 1. The van der Waals surface area contributed by atoms with E-state index in [9.17, 15) is 14.2 Å². The standard InChI is InChI=1S/C22H21ClN2O4S/c1-14(2)29-18-5-7-19(8-6-18)30(28)24-21-9-4-17(23)13-20(21)22(26)16-10-11-25(27)15(3)12-16/h4-14H,1-3H3,(H-,24,26,27)/p+1. The van der Waals surface area contributed by atoms with E-state index < -0.39 is 11.0 Å². The summed E-state index contributed by atoms with van der Waals surface area (Å²) >= 11 is 6.10. The molecule has 0 fully saturated rings. The first-order valence-corrected chi connectivity index (χ1v) is 10.8. The van der Waals surface area contributed by atoms with E-state index >= 15 is 0 Å². The number of aryl methyl sites for hydroxylation is 1. The third-order valence-electron chi connectivity index (χ3n) is 4.22. The van der Waals surface area contributed by atoms with Crippen molar-refractivity contribution in [3.8, 4) is 5.75 Å². The molecule has 3 aromatic rings. The number of anilines is 1. The van der Waals surface area contributed by atoms with Crippen LogP contribution < -0.4 is 14.2 Å². The van der Waals surface area contributed by atoms with Crippen LogP contribution in [0.3, 0.4) is 0 Å². The van der Waals surface area contributed by atoms with Crippen LogP contribution >= 0.6 is 11.6 Å². The highest BCUT2D eigenvalue weighted by molar-refractivity contribution is 7.86. The highest BCUT2D eigenvalue weighted by Crippen LogP contribution is 2.26. The van der Waals surface area contributed by atoms with Crippen LogP contribution in [0.5, 0.6) is 5.75 Å². The van der Waals surface area contributed by atoms with E-state index in [1.54, 1.807) is 49.4 Å². The smallest absolute Gasteiger partial charge is 0.231 e. The van der Waals surface area contributed by atoms with Gasteiger partial charge < -0.3 is 9.46 Å². The number of benzene rings is 2. The van der Waals surface area contributed by atoms with E-state index in [1.807, 2.05) is 13.8 Å². The van der Waals surface area contributed by atoms with Gasteiger partial charge in [0.15, 0.2) is 5.78 Å². The quantitative estimate of drug-likeness (QED) is 0.322. The Kier molecular flexibility index (Phi) is 6.74. The summed E-state index contributed by atoms with van der Waals surface area (Å²) in [5.74, 6) is 0.384. The number of carbonyl (C=O) groups is 1. The zero-order chi connectivity index (χ0) is 21.8. The van der Waals surface area contributed by atoms with Crippen molar-refractivity contribution >= 4 is 34.1 Å². The van der Waals surface area contributed by atoms with Crippen LogP contribution in [-0.2, 0) is 11.0 Å². The molecular weight excluding hydrogens is 424 g/mol.